The molecule has 0 bridgehead atoms. The first-order valence-corrected chi connectivity index (χ1v) is 5.22. The second-order valence-electron chi connectivity index (χ2n) is 3.49. The van der Waals surface area contributed by atoms with Crippen molar-refractivity contribution in [1.29, 1.82) is 0 Å². The Morgan fingerprint density at radius 1 is 1.06 bits per heavy atom. The number of carbonyl (C=O) groups is 1. The lowest BCUT2D eigenvalue weighted by atomic mass is 10.1. The van der Waals surface area contributed by atoms with Crippen molar-refractivity contribution in [2.75, 3.05) is 7.11 Å². The molecule has 0 atom stereocenters. The minimum Gasteiger partial charge on any atom is -0.465 e. The summed E-state index contributed by atoms with van der Waals surface area (Å²) in [6.45, 7) is 0. The molecule has 0 saturated heterocycles. The van der Waals surface area contributed by atoms with Crippen LogP contribution in [0.5, 0.6) is 0 Å². The number of ether oxygens (including phenoxy) is 1. The molecule has 0 N–H and O–H groups in total. The summed E-state index contributed by atoms with van der Waals surface area (Å²) >= 11 is 0. The molecule has 0 aliphatic heterocycles. The summed E-state index contributed by atoms with van der Waals surface area (Å²) in [5.74, 6) is 6.72. The molecule has 1 fully saturated rings. The predicted molar refractivity (Wildman–Crippen MR) is 65.1 cm³/mol. The Kier molecular flexibility index (Phi) is 3.82. The molecule has 1 aromatic rings. The Morgan fingerprint density at radius 2 is 1.71 bits per heavy atom. The van der Waals surface area contributed by atoms with E-state index in [1.165, 1.54) is 7.11 Å². The molecule has 5 radical (unpaired) electrons. The van der Waals surface area contributed by atoms with Gasteiger partial charge in [0.1, 0.15) is 0 Å². The van der Waals surface area contributed by atoms with Crippen LogP contribution in [-0.2, 0) is 4.74 Å². The molecule has 1 aliphatic rings. The molecule has 1 aromatic carbocycles. The van der Waals surface area contributed by atoms with Gasteiger partial charge in [-0.3, -0.25) is 0 Å². The third-order valence-corrected chi connectivity index (χ3v) is 2.32. The number of benzene rings is 1. The number of hydrogen-bond acceptors (Lipinski definition) is 2. The van der Waals surface area contributed by atoms with Gasteiger partial charge in [0.2, 0.25) is 0 Å². The zero-order chi connectivity index (χ0) is 12.1. The first-order valence-electron chi connectivity index (χ1n) is 5.22. The fraction of sp³-hybridized carbons (Fsp3) is 0.0667. The van der Waals surface area contributed by atoms with E-state index in [-0.39, 0.29) is 5.97 Å². The first kappa shape index (κ1) is 11.7. The van der Waals surface area contributed by atoms with Crippen molar-refractivity contribution < 1.29 is 9.53 Å². The van der Waals surface area contributed by atoms with Crippen molar-refractivity contribution in [2.24, 2.45) is 0 Å². The van der Waals surface area contributed by atoms with Gasteiger partial charge in [0.25, 0.3) is 0 Å². The van der Waals surface area contributed by atoms with E-state index in [1.54, 1.807) is 12.1 Å². The molecule has 2 heteroatoms. The van der Waals surface area contributed by atoms with Crippen molar-refractivity contribution in [3.05, 3.63) is 67.0 Å². The molecule has 0 unspecified atom stereocenters. The quantitative estimate of drug-likeness (QED) is 0.539. The summed E-state index contributed by atoms with van der Waals surface area (Å²) < 4.78 is 4.62. The van der Waals surface area contributed by atoms with Gasteiger partial charge in [-0.15, -0.1) is 0 Å². The van der Waals surface area contributed by atoms with Gasteiger partial charge in [-0.2, -0.15) is 0 Å². The number of hydrogen-bond donors (Lipinski definition) is 0. The molecular weight excluding hydrogens is 212 g/mol. The fourth-order valence-electron chi connectivity index (χ4n) is 1.41. The zero-order valence-electron chi connectivity index (χ0n) is 9.44. The van der Waals surface area contributed by atoms with E-state index >= 15 is 0 Å². The maximum atomic E-state index is 11.2. The Hall–Kier alpha value is -1.75. The summed E-state index contributed by atoms with van der Waals surface area (Å²) in [5, 5.41) is 0. The second kappa shape index (κ2) is 5.54. The standard InChI is InChI=1S/C15H11O2/c1-17-15(16)14-10-8-13(9-11-14)7-6-12-4-2-3-5-12/h2-5,8-11H,1H3. The molecule has 2 rings (SSSR count). The van der Waals surface area contributed by atoms with Crippen LogP contribution in [-0.4, -0.2) is 13.1 Å². The number of esters is 1. The lowest BCUT2D eigenvalue weighted by Gasteiger charge is -1.98. The van der Waals surface area contributed by atoms with Gasteiger partial charge in [0.05, 0.1) is 18.6 Å². The maximum Gasteiger partial charge on any atom is 0.337 e. The summed E-state index contributed by atoms with van der Waals surface area (Å²) in [4.78, 5) is 11.2. The third kappa shape index (κ3) is 3.10. The average molecular weight is 223 g/mol. The van der Waals surface area contributed by atoms with E-state index in [0.717, 1.165) is 11.5 Å². The minimum atomic E-state index is -0.333. The molecule has 1 saturated carbocycles. The largest absolute Gasteiger partial charge is 0.465 e. The van der Waals surface area contributed by atoms with E-state index < -0.39 is 0 Å². The topological polar surface area (TPSA) is 26.3 Å². The van der Waals surface area contributed by atoms with Crippen LogP contribution in [0.4, 0.5) is 0 Å². The SMILES string of the molecule is COC(=O)c1ccc(C#C[C]2[CH][CH][CH][CH]2)cc1. The van der Waals surface area contributed by atoms with Crippen LogP contribution in [0.3, 0.4) is 0 Å². The van der Waals surface area contributed by atoms with Crippen LogP contribution < -0.4 is 0 Å². The molecule has 2 nitrogen and oxygen atoms in total. The van der Waals surface area contributed by atoms with Crippen LogP contribution in [0, 0.1) is 43.4 Å². The number of carbonyl (C=O) groups excluding carboxylic acids is 1. The van der Waals surface area contributed by atoms with Crippen LogP contribution in [0.25, 0.3) is 0 Å². The van der Waals surface area contributed by atoms with Crippen LogP contribution in [0.15, 0.2) is 24.3 Å². The van der Waals surface area contributed by atoms with Crippen molar-refractivity contribution in [1.82, 2.24) is 0 Å². The fourth-order valence-corrected chi connectivity index (χ4v) is 1.41. The molecule has 0 heterocycles. The van der Waals surface area contributed by atoms with Gasteiger partial charge >= 0.3 is 5.97 Å². The maximum absolute atomic E-state index is 11.2. The molecule has 17 heavy (non-hydrogen) atoms. The number of rotatable bonds is 1. The van der Waals surface area contributed by atoms with Gasteiger partial charge in [-0.25, -0.2) is 4.79 Å². The summed E-state index contributed by atoms with van der Waals surface area (Å²) in [6, 6.07) is 7.03. The summed E-state index contributed by atoms with van der Waals surface area (Å²) in [7, 11) is 1.37. The Morgan fingerprint density at radius 3 is 2.29 bits per heavy atom. The molecule has 0 amide bonds. The van der Waals surface area contributed by atoms with Gasteiger partial charge < -0.3 is 4.74 Å². The smallest absolute Gasteiger partial charge is 0.337 e. The van der Waals surface area contributed by atoms with Crippen molar-refractivity contribution in [3.63, 3.8) is 0 Å². The van der Waals surface area contributed by atoms with Gasteiger partial charge in [0, 0.05) is 5.56 Å². The zero-order valence-corrected chi connectivity index (χ0v) is 9.44. The number of methoxy groups -OCH3 is 1. The molecule has 83 valence electrons. The van der Waals surface area contributed by atoms with E-state index in [9.17, 15) is 4.79 Å². The molecule has 1 aliphatic carbocycles. The van der Waals surface area contributed by atoms with Crippen molar-refractivity contribution in [3.8, 4) is 11.8 Å². The molecule has 0 spiro atoms. The highest BCUT2D eigenvalue weighted by Crippen LogP contribution is 2.21. The monoisotopic (exact) mass is 223 g/mol. The highest BCUT2D eigenvalue weighted by molar-refractivity contribution is 5.89. The van der Waals surface area contributed by atoms with Gasteiger partial charge in [-0.05, 0) is 49.9 Å². The van der Waals surface area contributed by atoms with Gasteiger partial charge in [-0.1, -0.05) is 11.8 Å². The highest BCUT2D eigenvalue weighted by atomic mass is 16.5. The summed E-state index contributed by atoms with van der Waals surface area (Å²) in [5.41, 5.74) is 1.41. The Labute approximate surface area is 102 Å². The Bertz CT molecular complexity index is 442. The summed E-state index contributed by atoms with van der Waals surface area (Å²) in [6.07, 6.45) is 7.81. The second-order valence-corrected chi connectivity index (χ2v) is 3.49. The first-order chi connectivity index (χ1) is 8.29. The van der Waals surface area contributed by atoms with Crippen molar-refractivity contribution in [2.45, 2.75) is 0 Å². The highest BCUT2D eigenvalue weighted by Gasteiger charge is 2.13. The molecular formula is C15H11O2. The lowest BCUT2D eigenvalue weighted by molar-refractivity contribution is 0.0601. The van der Waals surface area contributed by atoms with Crippen molar-refractivity contribution >= 4 is 5.97 Å². The third-order valence-electron chi connectivity index (χ3n) is 2.32. The molecule has 0 aromatic heterocycles. The Balaban J connectivity index is 2.04. The van der Waals surface area contributed by atoms with E-state index in [2.05, 4.69) is 16.6 Å². The van der Waals surface area contributed by atoms with Gasteiger partial charge in [0.15, 0.2) is 0 Å². The van der Waals surface area contributed by atoms with E-state index in [1.807, 2.05) is 37.8 Å². The van der Waals surface area contributed by atoms with Crippen LogP contribution in [0.2, 0.25) is 0 Å². The van der Waals surface area contributed by atoms with Crippen LogP contribution >= 0.6 is 0 Å². The normalized spacial score (nSPS) is 15.1. The average Bonchev–Trinajstić information content (AvgIpc) is 2.89. The van der Waals surface area contributed by atoms with E-state index in [0.29, 0.717) is 5.56 Å². The van der Waals surface area contributed by atoms with Crippen LogP contribution in [0.1, 0.15) is 15.9 Å². The lowest BCUT2D eigenvalue weighted by Crippen LogP contribution is -2.00. The minimum absolute atomic E-state index is 0.333. The van der Waals surface area contributed by atoms with E-state index in [4.69, 9.17) is 0 Å². The predicted octanol–water partition coefficient (Wildman–Crippen LogP) is 2.23.